The number of methoxy groups -OCH3 is 1. The van der Waals surface area contributed by atoms with E-state index in [1.165, 1.54) is 39.2 Å². The van der Waals surface area contributed by atoms with Crippen molar-refractivity contribution in [3.05, 3.63) is 60.1 Å². The van der Waals surface area contributed by atoms with Crippen LogP contribution >= 0.6 is 22.6 Å². The Morgan fingerprint density at radius 1 is 1.28 bits per heavy atom. The fourth-order valence-electron chi connectivity index (χ4n) is 4.63. The highest BCUT2D eigenvalue weighted by Gasteiger charge is 2.46. The van der Waals surface area contributed by atoms with Crippen molar-refractivity contribution in [1.29, 1.82) is 0 Å². The second-order valence-corrected chi connectivity index (χ2v) is 11.1. The molecular weight excluding hydrogens is 615 g/mol. The summed E-state index contributed by atoms with van der Waals surface area (Å²) in [6, 6.07) is 1.74. The van der Waals surface area contributed by atoms with E-state index in [2.05, 4.69) is 5.32 Å². The maximum absolute atomic E-state index is 14.4. The minimum atomic E-state index is -4.01. The van der Waals surface area contributed by atoms with Crippen LogP contribution in [0.5, 0.6) is 5.75 Å². The van der Waals surface area contributed by atoms with Gasteiger partial charge in [-0.2, -0.15) is 8.42 Å². The Morgan fingerprint density at radius 2 is 1.97 bits per heavy atom. The largest absolute Gasteiger partial charge is 0.491 e. The smallest absolute Gasteiger partial charge is 0.274 e. The number of carbonyl (C=O) groups excluding carboxylic acids is 2. The number of ether oxygens (including phenoxy) is 1. The van der Waals surface area contributed by atoms with E-state index in [1.807, 2.05) is 0 Å². The Labute approximate surface area is 218 Å². The number of likely N-dealkylation sites (N-methyl/N-ethyl adjacent to an activating group) is 1. The third kappa shape index (κ3) is 4.49. The molecule has 14 heteroatoms. The normalized spacial score (nSPS) is 18.8. The fourth-order valence-corrected chi connectivity index (χ4v) is 5.75. The number of nitrogens with zero attached hydrogens (tertiary/aromatic N) is 2. The maximum Gasteiger partial charge on any atom is 0.274 e. The lowest BCUT2D eigenvalue weighted by atomic mass is 10.1. The van der Waals surface area contributed by atoms with Crippen LogP contribution in [0.2, 0.25) is 0 Å². The topological polar surface area (TPSA) is 124 Å². The fraction of sp³-hybridized carbons (Fsp3) is 0.409. The van der Waals surface area contributed by atoms with Crippen LogP contribution in [0.4, 0.5) is 8.78 Å². The monoisotopic (exact) mass is 637 g/mol. The Morgan fingerprint density at radius 3 is 2.58 bits per heavy atom. The van der Waals surface area contributed by atoms with E-state index in [9.17, 15) is 31.6 Å². The van der Waals surface area contributed by atoms with E-state index in [1.54, 1.807) is 6.92 Å². The van der Waals surface area contributed by atoms with Crippen LogP contribution in [0, 0.1) is 15.2 Å². The molecule has 0 saturated carbocycles. The Kier molecular flexibility index (Phi) is 7.13. The van der Waals surface area contributed by atoms with Crippen LogP contribution in [0.25, 0.3) is 0 Å². The van der Waals surface area contributed by atoms with E-state index in [-0.39, 0.29) is 45.8 Å². The molecule has 10 nitrogen and oxygen atoms in total. The SMILES string of the molecule is CCN1C[C@H]2CC(OS(C)(=O)=O)c3c(C(=O)NCc4ccc(F)c(I)c4F)c(=O)c(OC)c(n32)C1=O. The number of pyridine rings is 1. The van der Waals surface area contributed by atoms with E-state index >= 15 is 0 Å². The number of hydrogen-bond acceptors (Lipinski definition) is 7. The maximum atomic E-state index is 14.4. The first-order valence-electron chi connectivity index (χ1n) is 10.8. The summed E-state index contributed by atoms with van der Waals surface area (Å²) in [5.74, 6) is -3.43. The molecular formula is C22H22F2IN3O7S. The molecule has 4 rings (SSSR count). The summed E-state index contributed by atoms with van der Waals surface area (Å²) >= 11 is 1.50. The number of rotatable bonds is 7. The lowest BCUT2D eigenvalue weighted by Crippen LogP contribution is -2.44. The molecule has 3 heterocycles. The first-order chi connectivity index (χ1) is 16.9. The first-order valence-corrected chi connectivity index (χ1v) is 13.7. The highest BCUT2D eigenvalue weighted by atomic mass is 127. The molecule has 2 aliphatic rings. The van der Waals surface area contributed by atoms with Gasteiger partial charge in [-0.25, -0.2) is 8.78 Å². The molecule has 0 fully saturated rings. The molecule has 0 saturated heterocycles. The molecule has 1 unspecified atom stereocenters. The van der Waals surface area contributed by atoms with Gasteiger partial charge >= 0.3 is 0 Å². The molecule has 1 aromatic carbocycles. The minimum Gasteiger partial charge on any atom is -0.491 e. The second-order valence-electron chi connectivity index (χ2n) is 8.38. The lowest BCUT2D eigenvalue weighted by Gasteiger charge is -2.34. The van der Waals surface area contributed by atoms with Gasteiger partial charge in [-0.15, -0.1) is 0 Å². The zero-order valence-electron chi connectivity index (χ0n) is 19.4. The third-order valence-corrected chi connectivity index (χ3v) is 7.71. The van der Waals surface area contributed by atoms with Crippen molar-refractivity contribution >= 4 is 44.5 Å². The molecule has 2 aliphatic heterocycles. The number of aromatic nitrogens is 1. The highest BCUT2D eigenvalue weighted by Crippen LogP contribution is 2.44. The molecule has 2 atom stereocenters. The predicted molar refractivity (Wildman–Crippen MR) is 131 cm³/mol. The standard InChI is InChI=1S/C22H22F2IN3O7S/c1-4-27-9-11-7-13(35-36(3,32)33)17-14(19(29)20(34-2)18(22(27)31)28(11)17)21(30)26-8-10-5-6-12(23)16(25)15(10)24/h5-6,11,13H,4,7-9H2,1-3H3,(H,26,30)/t11-,13?/m1/s1. The van der Waals surface area contributed by atoms with Gasteiger partial charge in [-0.1, -0.05) is 6.07 Å². The molecule has 0 spiro atoms. The number of halogens is 3. The van der Waals surface area contributed by atoms with Crippen LogP contribution in [0.3, 0.4) is 0 Å². The van der Waals surface area contributed by atoms with Crippen molar-refractivity contribution in [3.63, 3.8) is 0 Å². The average Bonchev–Trinajstić information content (AvgIpc) is 3.14. The van der Waals surface area contributed by atoms with Crippen molar-refractivity contribution in [3.8, 4) is 5.75 Å². The van der Waals surface area contributed by atoms with Crippen molar-refractivity contribution < 1.29 is 35.7 Å². The minimum absolute atomic E-state index is 0.0221. The van der Waals surface area contributed by atoms with E-state index in [0.29, 0.717) is 6.54 Å². The van der Waals surface area contributed by atoms with E-state index in [4.69, 9.17) is 8.92 Å². The van der Waals surface area contributed by atoms with Gasteiger partial charge in [0, 0.05) is 31.6 Å². The van der Waals surface area contributed by atoms with Gasteiger partial charge in [-0.3, -0.25) is 18.6 Å². The lowest BCUT2D eigenvalue weighted by molar-refractivity contribution is 0.0670. The van der Waals surface area contributed by atoms with Crippen molar-refractivity contribution in [1.82, 2.24) is 14.8 Å². The third-order valence-electron chi connectivity index (χ3n) is 6.14. The molecule has 36 heavy (non-hydrogen) atoms. The summed E-state index contributed by atoms with van der Waals surface area (Å²) in [6.45, 7) is 1.93. The molecule has 2 amide bonds. The van der Waals surface area contributed by atoms with Crippen LogP contribution in [0.1, 0.15) is 57.6 Å². The first kappa shape index (κ1) is 26.5. The molecule has 0 aliphatic carbocycles. The predicted octanol–water partition coefficient (Wildman–Crippen LogP) is 2.11. The number of benzene rings is 1. The molecule has 2 aromatic rings. The molecule has 0 radical (unpaired) electrons. The molecule has 1 aromatic heterocycles. The summed E-state index contributed by atoms with van der Waals surface area (Å²) in [4.78, 5) is 41.4. The van der Waals surface area contributed by atoms with Crippen LogP contribution < -0.4 is 15.5 Å². The van der Waals surface area contributed by atoms with Crippen molar-refractivity contribution in [2.75, 3.05) is 26.5 Å². The number of nitrogens with one attached hydrogen (secondary N) is 1. The van der Waals surface area contributed by atoms with E-state index in [0.717, 1.165) is 18.4 Å². The van der Waals surface area contributed by atoms with Crippen molar-refractivity contribution in [2.24, 2.45) is 0 Å². The highest BCUT2D eigenvalue weighted by molar-refractivity contribution is 14.1. The van der Waals surface area contributed by atoms with Gasteiger partial charge in [-0.05, 0) is 35.6 Å². The second kappa shape index (κ2) is 9.70. The van der Waals surface area contributed by atoms with E-state index < -0.39 is 56.7 Å². The summed E-state index contributed by atoms with van der Waals surface area (Å²) in [6.07, 6.45) is -0.285. The summed E-state index contributed by atoms with van der Waals surface area (Å²) < 4.78 is 63.7. The molecule has 194 valence electrons. The summed E-state index contributed by atoms with van der Waals surface area (Å²) in [5.41, 5.74) is -1.58. The number of amides is 2. The van der Waals surface area contributed by atoms with Gasteiger partial charge in [0.15, 0.2) is 11.4 Å². The van der Waals surface area contributed by atoms with Gasteiger partial charge in [0.25, 0.3) is 21.9 Å². The Balaban J connectivity index is 1.85. The van der Waals surface area contributed by atoms with Crippen LogP contribution in [0.15, 0.2) is 16.9 Å². The van der Waals surface area contributed by atoms with Gasteiger partial charge in [0.1, 0.15) is 23.3 Å². The zero-order chi connectivity index (χ0) is 26.5. The van der Waals surface area contributed by atoms with Gasteiger partial charge < -0.3 is 19.5 Å². The number of hydrogen-bond donors (Lipinski definition) is 1. The van der Waals surface area contributed by atoms with Crippen molar-refractivity contribution in [2.45, 2.75) is 32.0 Å². The summed E-state index contributed by atoms with van der Waals surface area (Å²) in [7, 11) is -2.83. The quantitative estimate of drug-likeness (QED) is 0.280. The molecule has 1 N–H and O–H groups in total. The Hall–Kier alpha value is -2.59. The van der Waals surface area contributed by atoms with Gasteiger partial charge in [0.2, 0.25) is 5.43 Å². The van der Waals surface area contributed by atoms with Crippen LogP contribution in [-0.2, 0) is 20.8 Å². The Bertz CT molecular complexity index is 1440. The average molecular weight is 637 g/mol. The van der Waals surface area contributed by atoms with Crippen LogP contribution in [-0.4, -0.2) is 56.2 Å². The number of carbonyl (C=O) groups is 2. The van der Waals surface area contributed by atoms with Gasteiger partial charge in [0.05, 0.1) is 28.7 Å². The molecule has 0 bridgehead atoms. The zero-order valence-corrected chi connectivity index (χ0v) is 22.4. The summed E-state index contributed by atoms with van der Waals surface area (Å²) in [5, 5.41) is 2.44.